The molecule has 34 heavy (non-hydrogen) atoms. The number of halogens is 1. The van der Waals surface area contributed by atoms with Crippen molar-refractivity contribution in [2.45, 2.75) is 51.0 Å². The van der Waals surface area contributed by atoms with E-state index in [9.17, 15) is 12.8 Å². The van der Waals surface area contributed by atoms with Crippen LogP contribution in [0.4, 0.5) is 10.2 Å². The lowest BCUT2D eigenvalue weighted by Gasteiger charge is -2.34. The molecule has 2 atom stereocenters. The van der Waals surface area contributed by atoms with E-state index in [0.717, 1.165) is 50.7 Å². The van der Waals surface area contributed by atoms with Gasteiger partial charge in [0, 0.05) is 24.8 Å². The number of aliphatic hydroxyl groups excluding tert-OH is 1. The highest BCUT2D eigenvalue weighted by Gasteiger charge is 2.43. The zero-order valence-electron chi connectivity index (χ0n) is 20.0. The summed E-state index contributed by atoms with van der Waals surface area (Å²) in [5.41, 5.74) is 2.88. The number of aryl methyl sites for hydroxylation is 2. The molecule has 1 N–H and O–H groups in total. The number of pyridine rings is 1. The maximum atomic E-state index is 14.4. The normalized spacial score (nSPS) is 21.1. The molecule has 0 bridgehead atoms. The first-order valence-corrected chi connectivity index (χ1v) is 13.9. The molecule has 1 aliphatic carbocycles. The Bertz CT molecular complexity index is 1100. The molecule has 1 saturated carbocycles. The third kappa shape index (κ3) is 5.78. The second-order valence-corrected chi connectivity index (χ2v) is 11.8. The minimum atomic E-state index is -3.66. The van der Waals surface area contributed by atoms with Crippen molar-refractivity contribution in [3.05, 3.63) is 53.0 Å². The topological polar surface area (TPSA) is 79.7 Å². The lowest BCUT2D eigenvalue weighted by molar-refractivity contribution is 0.102. The van der Waals surface area contributed by atoms with Crippen LogP contribution in [0.25, 0.3) is 0 Å². The molecule has 0 radical (unpaired) electrons. The smallest absolute Gasteiger partial charge is 0.180 e. The van der Waals surface area contributed by atoms with E-state index in [1.54, 1.807) is 0 Å². The van der Waals surface area contributed by atoms with Crippen LogP contribution in [-0.4, -0.2) is 50.6 Å². The first kappa shape index (κ1) is 25.1. The molecular weight excluding hydrogens is 455 g/mol. The second-order valence-electron chi connectivity index (χ2n) is 9.64. The number of hydrogen-bond donors (Lipinski definition) is 1. The largest absolute Gasteiger partial charge is 0.395 e. The second kappa shape index (κ2) is 10.7. The summed E-state index contributed by atoms with van der Waals surface area (Å²) in [5.74, 6) is 2.04. The summed E-state index contributed by atoms with van der Waals surface area (Å²) < 4.78 is 44.1. The minimum Gasteiger partial charge on any atom is -0.395 e. The Kier molecular flexibility index (Phi) is 7.90. The van der Waals surface area contributed by atoms with Crippen LogP contribution in [0, 0.1) is 30.5 Å². The highest BCUT2D eigenvalue weighted by atomic mass is 32.2. The van der Waals surface area contributed by atoms with Crippen LogP contribution in [0.3, 0.4) is 0 Å². The Balaban J connectivity index is 1.22. The first-order valence-electron chi connectivity index (χ1n) is 12.2. The summed E-state index contributed by atoms with van der Waals surface area (Å²) in [6.45, 7) is 6.59. The van der Waals surface area contributed by atoms with E-state index in [2.05, 4.69) is 24.8 Å². The monoisotopic (exact) mass is 490 g/mol. The van der Waals surface area contributed by atoms with Gasteiger partial charge in [-0.2, -0.15) is 0 Å². The summed E-state index contributed by atoms with van der Waals surface area (Å²) in [6, 6.07) is 6.11. The minimum absolute atomic E-state index is 0.108. The number of aromatic nitrogens is 1. The standard InChI is InChI=1S/C26H35FN2O4S/c1-3-19-12-18(2)15-28-26(19)29-8-6-20(7-9-29)24-13-22(24)17-33-16-21-4-5-23(14-25(21)27)34(31,32)11-10-30/h4-5,12,14-15,20,22,24,30H,3,6-11,13,16-17H2,1-2H3. The fourth-order valence-corrected chi connectivity index (χ4v) is 6.18. The molecule has 2 heterocycles. The fourth-order valence-electron chi connectivity index (χ4n) is 5.14. The molecule has 2 unspecified atom stereocenters. The van der Waals surface area contributed by atoms with E-state index >= 15 is 0 Å². The van der Waals surface area contributed by atoms with Gasteiger partial charge in [0.05, 0.1) is 30.5 Å². The van der Waals surface area contributed by atoms with Gasteiger partial charge in [0.1, 0.15) is 11.6 Å². The van der Waals surface area contributed by atoms with Crippen molar-refractivity contribution in [1.82, 2.24) is 4.98 Å². The molecule has 6 nitrogen and oxygen atoms in total. The van der Waals surface area contributed by atoms with Gasteiger partial charge in [-0.15, -0.1) is 0 Å². The maximum Gasteiger partial charge on any atom is 0.180 e. The molecular formula is C26H35FN2O4S. The highest BCUT2D eigenvalue weighted by molar-refractivity contribution is 7.91. The average Bonchev–Trinajstić information content (AvgIpc) is 3.59. The predicted octanol–water partition coefficient (Wildman–Crippen LogP) is 3.93. The molecule has 1 aromatic carbocycles. The van der Waals surface area contributed by atoms with Gasteiger partial charge in [0.25, 0.3) is 0 Å². The van der Waals surface area contributed by atoms with Crippen molar-refractivity contribution in [3.63, 3.8) is 0 Å². The number of rotatable bonds is 10. The van der Waals surface area contributed by atoms with E-state index < -0.39 is 28.0 Å². The van der Waals surface area contributed by atoms with E-state index in [0.29, 0.717) is 29.9 Å². The van der Waals surface area contributed by atoms with Gasteiger partial charge in [0.2, 0.25) is 0 Å². The number of nitrogens with zero attached hydrogens (tertiary/aromatic N) is 2. The maximum absolute atomic E-state index is 14.4. The van der Waals surface area contributed by atoms with Crippen molar-refractivity contribution >= 4 is 15.7 Å². The van der Waals surface area contributed by atoms with Crippen LogP contribution in [0.15, 0.2) is 35.4 Å². The third-order valence-corrected chi connectivity index (χ3v) is 8.91. The van der Waals surface area contributed by atoms with Gasteiger partial charge < -0.3 is 14.7 Å². The van der Waals surface area contributed by atoms with Crippen LogP contribution in [0.2, 0.25) is 0 Å². The van der Waals surface area contributed by atoms with Crippen molar-refractivity contribution < 1.29 is 22.7 Å². The van der Waals surface area contributed by atoms with E-state index in [-0.39, 0.29) is 11.5 Å². The number of ether oxygens (including phenoxy) is 1. The molecule has 2 aliphatic rings. The third-order valence-electron chi connectivity index (χ3n) is 7.22. The molecule has 4 rings (SSSR count). The lowest BCUT2D eigenvalue weighted by Crippen LogP contribution is -2.35. The Morgan fingerprint density at radius 1 is 1.21 bits per heavy atom. The van der Waals surface area contributed by atoms with Crippen LogP contribution in [-0.2, 0) is 27.6 Å². The van der Waals surface area contributed by atoms with Gasteiger partial charge in [-0.1, -0.05) is 19.1 Å². The highest BCUT2D eigenvalue weighted by Crippen LogP contribution is 2.48. The van der Waals surface area contributed by atoms with Crippen LogP contribution < -0.4 is 4.90 Å². The molecule has 186 valence electrons. The zero-order chi connectivity index (χ0) is 24.3. The zero-order valence-corrected chi connectivity index (χ0v) is 20.9. The molecule has 8 heteroatoms. The van der Waals surface area contributed by atoms with Crippen molar-refractivity contribution in [2.24, 2.45) is 17.8 Å². The number of anilines is 1. The van der Waals surface area contributed by atoms with E-state index in [4.69, 9.17) is 14.8 Å². The Hall–Kier alpha value is -2.03. The number of piperidine rings is 1. The molecule has 1 aliphatic heterocycles. The first-order chi connectivity index (χ1) is 16.3. The van der Waals surface area contributed by atoms with Gasteiger partial charge in [-0.25, -0.2) is 17.8 Å². The van der Waals surface area contributed by atoms with Crippen LogP contribution >= 0.6 is 0 Å². The number of sulfone groups is 1. The molecule has 1 aromatic heterocycles. The Morgan fingerprint density at radius 3 is 2.65 bits per heavy atom. The van der Waals surface area contributed by atoms with Gasteiger partial charge in [-0.05, 0) is 73.6 Å². The summed E-state index contributed by atoms with van der Waals surface area (Å²) in [6.07, 6.45) is 6.44. The summed E-state index contributed by atoms with van der Waals surface area (Å²) in [5, 5.41) is 8.87. The summed E-state index contributed by atoms with van der Waals surface area (Å²) in [7, 11) is -3.66. The quantitative estimate of drug-likeness (QED) is 0.544. The number of aliphatic hydroxyl groups is 1. The molecule has 1 saturated heterocycles. The van der Waals surface area contributed by atoms with Crippen molar-refractivity contribution in [3.8, 4) is 0 Å². The van der Waals surface area contributed by atoms with Crippen molar-refractivity contribution in [1.29, 1.82) is 0 Å². The Morgan fingerprint density at radius 2 is 1.97 bits per heavy atom. The van der Waals surface area contributed by atoms with E-state index in [1.165, 1.54) is 23.3 Å². The fraction of sp³-hybridized carbons (Fsp3) is 0.577. The van der Waals surface area contributed by atoms with E-state index in [1.807, 2.05) is 6.20 Å². The lowest BCUT2D eigenvalue weighted by atomic mass is 9.90. The summed E-state index contributed by atoms with van der Waals surface area (Å²) >= 11 is 0. The predicted molar refractivity (Wildman–Crippen MR) is 130 cm³/mol. The van der Waals surface area contributed by atoms with Crippen LogP contribution in [0.5, 0.6) is 0 Å². The van der Waals surface area contributed by atoms with Gasteiger partial charge in [0.15, 0.2) is 9.84 Å². The van der Waals surface area contributed by atoms with Gasteiger partial charge in [-0.3, -0.25) is 0 Å². The summed E-state index contributed by atoms with van der Waals surface area (Å²) in [4.78, 5) is 7.03. The molecule has 0 amide bonds. The molecule has 2 aromatic rings. The molecule has 2 fully saturated rings. The van der Waals surface area contributed by atoms with Gasteiger partial charge >= 0.3 is 0 Å². The number of benzene rings is 1. The van der Waals surface area contributed by atoms with Crippen molar-refractivity contribution in [2.75, 3.05) is 37.0 Å². The Labute approximate surface area is 202 Å². The average molecular weight is 491 g/mol. The van der Waals surface area contributed by atoms with Crippen LogP contribution in [0.1, 0.15) is 42.9 Å². The SMILES string of the molecule is CCc1cc(C)cnc1N1CCC(C2CC2COCc2ccc(S(=O)(=O)CCO)cc2F)CC1. The number of hydrogen-bond acceptors (Lipinski definition) is 6. The molecule has 0 spiro atoms.